The van der Waals surface area contributed by atoms with Gasteiger partial charge in [-0.2, -0.15) is 0 Å². The minimum Gasteiger partial charge on any atom is -0.297 e. The van der Waals surface area contributed by atoms with Gasteiger partial charge in [0, 0.05) is 42.6 Å². The molecular formula is C12H16N4S. The Morgan fingerprint density at radius 3 is 2.82 bits per heavy atom. The molecule has 0 fully saturated rings. The van der Waals surface area contributed by atoms with E-state index in [9.17, 15) is 0 Å². The van der Waals surface area contributed by atoms with Crippen LogP contribution in [-0.4, -0.2) is 32.9 Å². The highest BCUT2D eigenvalue weighted by molar-refractivity contribution is 7.09. The van der Waals surface area contributed by atoms with Gasteiger partial charge in [-0.25, -0.2) is 4.98 Å². The first-order chi connectivity index (χ1) is 8.25. The standard InChI is InChI=1S/C12H16N4S/c1-10(7-11-8-13-3-4-14-11)16(2)9-12-15-5-6-17-12/h3-6,8,10H,7,9H2,1-2H3. The Labute approximate surface area is 105 Å². The van der Waals surface area contributed by atoms with Crippen molar-refractivity contribution in [2.45, 2.75) is 25.9 Å². The van der Waals surface area contributed by atoms with Crippen LogP contribution in [0.1, 0.15) is 17.6 Å². The molecule has 0 N–H and O–H groups in total. The van der Waals surface area contributed by atoms with Crippen LogP contribution in [0.4, 0.5) is 0 Å². The molecule has 0 spiro atoms. The second kappa shape index (κ2) is 5.84. The molecule has 90 valence electrons. The molecule has 0 aliphatic heterocycles. The minimum absolute atomic E-state index is 0.426. The molecule has 0 saturated carbocycles. The van der Waals surface area contributed by atoms with Crippen molar-refractivity contribution >= 4 is 11.3 Å². The van der Waals surface area contributed by atoms with Crippen LogP contribution in [0.15, 0.2) is 30.2 Å². The lowest BCUT2D eigenvalue weighted by atomic mass is 10.1. The van der Waals surface area contributed by atoms with Crippen molar-refractivity contribution in [3.8, 4) is 0 Å². The number of aromatic nitrogens is 3. The summed E-state index contributed by atoms with van der Waals surface area (Å²) in [5.41, 5.74) is 1.03. The minimum atomic E-state index is 0.426. The molecular weight excluding hydrogens is 232 g/mol. The van der Waals surface area contributed by atoms with E-state index < -0.39 is 0 Å². The van der Waals surface area contributed by atoms with E-state index in [0.717, 1.165) is 23.7 Å². The zero-order valence-corrected chi connectivity index (χ0v) is 10.9. The summed E-state index contributed by atoms with van der Waals surface area (Å²) in [5.74, 6) is 0. The third-order valence-electron chi connectivity index (χ3n) is 2.74. The smallest absolute Gasteiger partial charge is 0.107 e. The Balaban J connectivity index is 1.89. The van der Waals surface area contributed by atoms with Crippen LogP contribution in [0.5, 0.6) is 0 Å². The highest BCUT2D eigenvalue weighted by Gasteiger charge is 2.12. The maximum absolute atomic E-state index is 4.30. The summed E-state index contributed by atoms with van der Waals surface area (Å²) in [6.45, 7) is 3.08. The van der Waals surface area contributed by atoms with E-state index in [1.165, 1.54) is 0 Å². The first-order valence-electron chi connectivity index (χ1n) is 5.59. The van der Waals surface area contributed by atoms with Crippen molar-refractivity contribution in [2.75, 3.05) is 7.05 Å². The molecule has 2 heterocycles. The van der Waals surface area contributed by atoms with E-state index in [1.54, 1.807) is 23.7 Å². The monoisotopic (exact) mass is 248 g/mol. The molecule has 2 aromatic rings. The average molecular weight is 248 g/mol. The summed E-state index contributed by atoms with van der Waals surface area (Å²) < 4.78 is 0. The maximum atomic E-state index is 4.30. The van der Waals surface area contributed by atoms with Crippen LogP contribution in [-0.2, 0) is 13.0 Å². The molecule has 17 heavy (non-hydrogen) atoms. The van der Waals surface area contributed by atoms with Gasteiger partial charge >= 0.3 is 0 Å². The Kier molecular flexibility index (Phi) is 4.17. The first kappa shape index (κ1) is 12.1. The molecule has 0 aliphatic rings. The quantitative estimate of drug-likeness (QED) is 0.811. The number of rotatable bonds is 5. The summed E-state index contributed by atoms with van der Waals surface area (Å²) in [4.78, 5) is 15.0. The van der Waals surface area contributed by atoms with E-state index in [2.05, 4.69) is 33.8 Å². The topological polar surface area (TPSA) is 41.9 Å². The third-order valence-corrected chi connectivity index (χ3v) is 3.51. The number of thiazole rings is 1. The fraction of sp³-hybridized carbons (Fsp3) is 0.417. The first-order valence-corrected chi connectivity index (χ1v) is 6.47. The molecule has 0 saturated heterocycles. The van der Waals surface area contributed by atoms with Crippen LogP contribution >= 0.6 is 11.3 Å². The Hall–Kier alpha value is -1.33. The molecule has 1 atom stereocenters. The van der Waals surface area contributed by atoms with Crippen LogP contribution in [0.25, 0.3) is 0 Å². The van der Waals surface area contributed by atoms with Crippen molar-refractivity contribution in [3.63, 3.8) is 0 Å². The van der Waals surface area contributed by atoms with E-state index in [-0.39, 0.29) is 0 Å². The molecule has 1 unspecified atom stereocenters. The molecule has 0 bridgehead atoms. The summed E-state index contributed by atoms with van der Waals surface area (Å²) in [6, 6.07) is 0.426. The second-order valence-corrected chi connectivity index (χ2v) is 5.07. The predicted molar refractivity (Wildman–Crippen MR) is 68.8 cm³/mol. The van der Waals surface area contributed by atoms with Gasteiger partial charge in [-0.3, -0.25) is 14.9 Å². The van der Waals surface area contributed by atoms with E-state index >= 15 is 0 Å². The van der Waals surface area contributed by atoms with Gasteiger partial charge in [0.25, 0.3) is 0 Å². The van der Waals surface area contributed by atoms with Crippen LogP contribution < -0.4 is 0 Å². The van der Waals surface area contributed by atoms with E-state index in [4.69, 9.17) is 0 Å². The summed E-state index contributed by atoms with van der Waals surface area (Å²) in [7, 11) is 2.11. The van der Waals surface area contributed by atoms with Gasteiger partial charge in [0.2, 0.25) is 0 Å². The highest BCUT2D eigenvalue weighted by Crippen LogP contribution is 2.11. The summed E-state index contributed by atoms with van der Waals surface area (Å²) >= 11 is 1.69. The van der Waals surface area contributed by atoms with Crippen LogP contribution in [0.3, 0.4) is 0 Å². The van der Waals surface area contributed by atoms with Crippen molar-refractivity contribution in [1.82, 2.24) is 19.9 Å². The van der Waals surface area contributed by atoms with Gasteiger partial charge in [-0.05, 0) is 14.0 Å². The van der Waals surface area contributed by atoms with Gasteiger partial charge in [-0.1, -0.05) is 0 Å². The number of hydrogen-bond acceptors (Lipinski definition) is 5. The van der Waals surface area contributed by atoms with Gasteiger partial charge in [0.05, 0.1) is 12.2 Å². The lowest BCUT2D eigenvalue weighted by Gasteiger charge is -2.23. The highest BCUT2D eigenvalue weighted by atomic mass is 32.1. The van der Waals surface area contributed by atoms with Crippen molar-refractivity contribution in [1.29, 1.82) is 0 Å². The summed E-state index contributed by atoms with van der Waals surface area (Å²) in [6.07, 6.45) is 8.03. The van der Waals surface area contributed by atoms with Crippen LogP contribution in [0, 0.1) is 0 Å². The normalized spacial score (nSPS) is 12.9. The molecule has 4 nitrogen and oxygen atoms in total. The molecule has 2 aromatic heterocycles. The van der Waals surface area contributed by atoms with Gasteiger partial charge in [0.1, 0.15) is 5.01 Å². The average Bonchev–Trinajstić information content (AvgIpc) is 2.83. The van der Waals surface area contributed by atoms with Crippen molar-refractivity contribution in [2.24, 2.45) is 0 Å². The number of hydrogen-bond donors (Lipinski definition) is 0. The predicted octanol–water partition coefficient (Wildman–Crippen LogP) is 2.00. The molecule has 0 radical (unpaired) electrons. The SMILES string of the molecule is CC(Cc1cnccn1)N(C)Cc1nccs1. The third kappa shape index (κ3) is 3.57. The summed E-state index contributed by atoms with van der Waals surface area (Å²) in [5, 5.41) is 3.16. The number of likely N-dealkylation sites (N-methyl/N-ethyl adjacent to an activating group) is 1. The van der Waals surface area contributed by atoms with Gasteiger partial charge in [0.15, 0.2) is 0 Å². The maximum Gasteiger partial charge on any atom is 0.107 e. The van der Waals surface area contributed by atoms with Gasteiger partial charge in [-0.15, -0.1) is 11.3 Å². The zero-order chi connectivity index (χ0) is 12.1. The molecule has 2 rings (SSSR count). The fourth-order valence-corrected chi connectivity index (χ4v) is 2.27. The van der Waals surface area contributed by atoms with Crippen molar-refractivity contribution in [3.05, 3.63) is 40.9 Å². The van der Waals surface area contributed by atoms with E-state index in [1.807, 2.05) is 17.8 Å². The zero-order valence-electron chi connectivity index (χ0n) is 10.1. The Bertz CT molecular complexity index is 429. The lowest BCUT2D eigenvalue weighted by Crippen LogP contribution is -2.30. The molecule has 0 aliphatic carbocycles. The van der Waals surface area contributed by atoms with Crippen molar-refractivity contribution < 1.29 is 0 Å². The largest absolute Gasteiger partial charge is 0.297 e. The van der Waals surface area contributed by atoms with Gasteiger partial charge < -0.3 is 0 Å². The second-order valence-electron chi connectivity index (χ2n) is 4.09. The Morgan fingerprint density at radius 2 is 2.18 bits per heavy atom. The molecule has 0 aromatic carbocycles. The van der Waals surface area contributed by atoms with Crippen LogP contribution in [0.2, 0.25) is 0 Å². The Morgan fingerprint density at radius 1 is 1.29 bits per heavy atom. The fourth-order valence-electron chi connectivity index (χ4n) is 1.59. The molecule has 0 amide bonds. The van der Waals surface area contributed by atoms with E-state index in [0.29, 0.717) is 6.04 Å². The molecule has 5 heteroatoms. The number of nitrogens with zero attached hydrogens (tertiary/aromatic N) is 4. The lowest BCUT2D eigenvalue weighted by molar-refractivity contribution is 0.246.